The number of benzene rings is 9. The second kappa shape index (κ2) is 15.3. The predicted molar refractivity (Wildman–Crippen MR) is 244 cm³/mol. The van der Waals surface area contributed by atoms with Gasteiger partial charge in [0.2, 0.25) is 0 Å². The molecule has 9 aromatic rings. The summed E-state index contributed by atoms with van der Waals surface area (Å²) in [6, 6.07) is 66.9. The van der Waals surface area contributed by atoms with Crippen LogP contribution in [0.5, 0.6) is 0 Å². The Kier molecular flexibility index (Phi) is 9.64. The summed E-state index contributed by atoms with van der Waals surface area (Å²) in [4.78, 5) is 0. The molecule has 0 radical (unpaired) electrons. The van der Waals surface area contributed by atoms with E-state index >= 15 is 0 Å². The summed E-state index contributed by atoms with van der Waals surface area (Å²) in [7, 11) is 0. The van der Waals surface area contributed by atoms with E-state index in [4.69, 9.17) is 0 Å². The lowest BCUT2D eigenvalue weighted by molar-refractivity contribution is 0.717. The third-order valence-corrected chi connectivity index (χ3v) is 11.8. The number of allylic oxidation sites excluding steroid dienone is 4. The van der Waals surface area contributed by atoms with Crippen LogP contribution >= 0.6 is 0 Å². The van der Waals surface area contributed by atoms with Gasteiger partial charge in [-0.3, -0.25) is 0 Å². The van der Waals surface area contributed by atoms with Crippen molar-refractivity contribution in [3.05, 3.63) is 211 Å². The van der Waals surface area contributed by atoms with Crippen LogP contribution in [-0.4, -0.2) is 0 Å². The smallest absolute Gasteiger partial charge is 0.000117 e. The van der Waals surface area contributed by atoms with Gasteiger partial charge in [-0.25, -0.2) is 0 Å². The Hall–Kier alpha value is -6.50. The Morgan fingerprint density at radius 3 is 1.61 bits per heavy atom. The van der Waals surface area contributed by atoms with Gasteiger partial charge in [0.05, 0.1) is 0 Å². The zero-order valence-electron chi connectivity index (χ0n) is 32.4. The molecule has 9 aromatic carbocycles. The highest BCUT2D eigenvalue weighted by atomic mass is 14.2. The molecule has 270 valence electrons. The van der Waals surface area contributed by atoms with E-state index in [1.54, 1.807) is 0 Å². The fraction of sp³-hybridized carbons (Fsp3) is 0.107. The number of hydrogen-bond acceptors (Lipinski definition) is 0. The van der Waals surface area contributed by atoms with Gasteiger partial charge in [-0.05, 0) is 111 Å². The van der Waals surface area contributed by atoms with Crippen molar-refractivity contribution in [1.82, 2.24) is 0 Å². The Morgan fingerprint density at radius 2 is 0.964 bits per heavy atom. The molecule has 0 fully saturated rings. The molecule has 0 aliphatic heterocycles. The van der Waals surface area contributed by atoms with Crippen LogP contribution in [0.2, 0.25) is 0 Å². The zero-order valence-corrected chi connectivity index (χ0v) is 32.4. The molecule has 0 saturated carbocycles. The van der Waals surface area contributed by atoms with Gasteiger partial charge in [0, 0.05) is 0 Å². The van der Waals surface area contributed by atoms with Crippen molar-refractivity contribution in [3.63, 3.8) is 0 Å². The Labute approximate surface area is 331 Å². The largest absolute Gasteiger partial charge is 0.0773 e. The second-order valence-corrected chi connectivity index (χ2v) is 15.2. The summed E-state index contributed by atoms with van der Waals surface area (Å²) < 4.78 is 0. The van der Waals surface area contributed by atoms with E-state index in [1.807, 2.05) is 0 Å². The summed E-state index contributed by atoms with van der Waals surface area (Å²) in [5, 5.41) is 10.3. The number of fused-ring (bicyclic) bond motifs is 4. The minimum atomic E-state index is 0.308. The van der Waals surface area contributed by atoms with E-state index in [0.29, 0.717) is 11.8 Å². The lowest BCUT2D eigenvalue weighted by Gasteiger charge is -2.20. The molecule has 0 spiro atoms. The first-order chi connectivity index (χ1) is 27.6. The normalized spacial score (nSPS) is 13.2. The second-order valence-electron chi connectivity index (χ2n) is 15.2. The van der Waals surface area contributed by atoms with Crippen molar-refractivity contribution in [2.45, 2.75) is 33.1 Å². The predicted octanol–water partition coefficient (Wildman–Crippen LogP) is 16.1. The Bertz CT molecular complexity index is 2840. The summed E-state index contributed by atoms with van der Waals surface area (Å²) in [5.74, 6) is 0.740. The van der Waals surface area contributed by atoms with Crippen molar-refractivity contribution in [2.24, 2.45) is 5.92 Å². The maximum atomic E-state index is 2.35. The summed E-state index contributed by atoms with van der Waals surface area (Å²) in [5.41, 5.74) is 11.6. The fourth-order valence-electron chi connectivity index (χ4n) is 8.79. The fourth-order valence-corrected chi connectivity index (χ4v) is 8.79. The van der Waals surface area contributed by atoms with Gasteiger partial charge in [-0.2, -0.15) is 0 Å². The van der Waals surface area contributed by atoms with Crippen molar-refractivity contribution in [3.8, 4) is 33.4 Å². The molecule has 2 unspecified atom stereocenters. The van der Waals surface area contributed by atoms with E-state index in [1.165, 1.54) is 93.2 Å². The van der Waals surface area contributed by atoms with Crippen molar-refractivity contribution in [1.29, 1.82) is 0 Å². The van der Waals surface area contributed by atoms with Crippen LogP contribution in [0, 0.1) is 5.92 Å². The highest BCUT2D eigenvalue weighted by Gasteiger charge is 2.19. The quantitative estimate of drug-likeness (QED) is 0.103. The van der Waals surface area contributed by atoms with Gasteiger partial charge >= 0.3 is 0 Å². The molecular weight excluding hydrogens is 673 g/mol. The highest BCUT2D eigenvalue weighted by Crippen LogP contribution is 2.46. The first-order valence-electron chi connectivity index (χ1n) is 20.1. The first-order valence-corrected chi connectivity index (χ1v) is 20.1. The maximum absolute atomic E-state index is 2.35. The van der Waals surface area contributed by atoms with Gasteiger partial charge in [-0.1, -0.05) is 221 Å². The van der Waals surface area contributed by atoms with Crippen molar-refractivity contribution >= 4 is 48.7 Å². The molecule has 0 nitrogen and oxygen atoms in total. The summed E-state index contributed by atoms with van der Waals surface area (Å²) in [6.07, 6.45) is 8.05. The van der Waals surface area contributed by atoms with Crippen LogP contribution in [0.3, 0.4) is 0 Å². The molecule has 0 heteroatoms. The molecule has 9 rings (SSSR count). The third-order valence-electron chi connectivity index (χ3n) is 11.8. The molecule has 0 aliphatic rings. The van der Waals surface area contributed by atoms with Gasteiger partial charge in [-0.15, -0.1) is 0 Å². The minimum absolute atomic E-state index is 0.308. The van der Waals surface area contributed by atoms with E-state index in [2.05, 4.69) is 221 Å². The third kappa shape index (κ3) is 6.42. The maximum Gasteiger partial charge on any atom is -0.000117 e. The zero-order chi connectivity index (χ0) is 38.0. The SMILES string of the molecule is CCC(C)/C(=C\C=C/C(C)c1cccc2ccccc12)c1ccc(-c2c3ccccc3c(-c3ccc(-c4ccccc4)c4ccccc34)c3ccccc23)cc1. The molecule has 0 N–H and O–H groups in total. The standard InChI is InChI=1S/C56H46/c1-4-38(2)44(30-16-18-39(3)45-31-17-22-41-21-8-9-23-46(41)45)42-32-34-43(35-33-42)55-50-26-12-14-28-52(50)56(53-29-15-13-27-51(53)55)54-37-36-47(40-19-6-5-7-20-40)48-24-10-11-25-49(48)54/h5-39H,4H2,1-3H3/b18-16-,44-30+. The van der Waals surface area contributed by atoms with E-state index in [0.717, 1.165) is 6.42 Å². The van der Waals surface area contributed by atoms with Gasteiger partial charge < -0.3 is 0 Å². The van der Waals surface area contributed by atoms with E-state index < -0.39 is 0 Å². The van der Waals surface area contributed by atoms with Crippen LogP contribution in [0.15, 0.2) is 200 Å². The average molecular weight is 719 g/mol. The van der Waals surface area contributed by atoms with Crippen molar-refractivity contribution < 1.29 is 0 Å². The summed E-state index contributed by atoms with van der Waals surface area (Å²) >= 11 is 0. The topological polar surface area (TPSA) is 0 Å². The molecule has 2 atom stereocenters. The molecule has 0 heterocycles. The lowest BCUT2D eigenvalue weighted by Crippen LogP contribution is -1.98. The monoisotopic (exact) mass is 718 g/mol. The van der Waals surface area contributed by atoms with E-state index in [-0.39, 0.29) is 0 Å². The van der Waals surface area contributed by atoms with E-state index in [9.17, 15) is 0 Å². The Balaban J connectivity index is 1.13. The molecule has 0 aliphatic carbocycles. The molecule has 0 bridgehead atoms. The summed E-state index contributed by atoms with van der Waals surface area (Å²) in [6.45, 7) is 6.93. The molecular formula is C56H46. The van der Waals surface area contributed by atoms with Gasteiger partial charge in [0.15, 0.2) is 0 Å². The lowest BCUT2D eigenvalue weighted by atomic mass is 9.83. The Morgan fingerprint density at radius 1 is 0.446 bits per heavy atom. The van der Waals surface area contributed by atoms with Crippen LogP contribution in [0.1, 0.15) is 44.2 Å². The average Bonchev–Trinajstić information content (AvgIpc) is 3.26. The van der Waals surface area contributed by atoms with Crippen LogP contribution in [-0.2, 0) is 0 Å². The molecule has 56 heavy (non-hydrogen) atoms. The highest BCUT2D eigenvalue weighted by molar-refractivity contribution is 6.24. The molecule has 0 saturated heterocycles. The molecule has 0 aromatic heterocycles. The number of hydrogen-bond donors (Lipinski definition) is 0. The number of rotatable bonds is 9. The molecule has 0 amide bonds. The first kappa shape index (κ1) is 35.2. The van der Waals surface area contributed by atoms with Gasteiger partial charge in [0.25, 0.3) is 0 Å². The van der Waals surface area contributed by atoms with Crippen LogP contribution in [0.25, 0.3) is 82.0 Å². The van der Waals surface area contributed by atoms with Crippen LogP contribution < -0.4 is 0 Å². The van der Waals surface area contributed by atoms with Crippen molar-refractivity contribution in [2.75, 3.05) is 0 Å². The van der Waals surface area contributed by atoms with Gasteiger partial charge in [0.1, 0.15) is 0 Å². The minimum Gasteiger partial charge on any atom is -0.0773 e. The van der Waals surface area contributed by atoms with Crippen LogP contribution in [0.4, 0.5) is 0 Å².